The van der Waals surface area contributed by atoms with Crippen molar-refractivity contribution in [1.82, 2.24) is 19.6 Å². The van der Waals surface area contributed by atoms with Crippen LogP contribution in [0.2, 0.25) is 0 Å². The van der Waals surface area contributed by atoms with Crippen molar-refractivity contribution in [3.8, 4) is 0 Å². The Morgan fingerprint density at radius 3 is 2.60 bits per heavy atom. The summed E-state index contributed by atoms with van der Waals surface area (Å²) in [7, 11) is 0. The predicted octanol–water partition coefficient (Wildman–Crippen LogP) is 2.77. The lowest BCUT2D eigenvalue weighted by molar-refractivity contribution is 0.0758. The molecule has 0 saturated carbocycles. The molecule has 1 aliphatic rings. The first-order chi connectivity index (χ1) is 12.0. The van der Waals surface area contributed by atoms with Crippen LogP contribution in [0.25, 0.3) is 0 Å². The van der Waals surface area contributed by atoms with Gasteiger partial charge in [0.1, 0.15) is 11.5 Å². The summed E-state index contributed by atoms with van der Waals surface area (Å²) in [6, 6.07) is 0. The zero-order valence-electron chi connectivity index (χ0n) is 15.7. The SMILES string of the molecule is CCn1cc(CN2CCCN(C(=O)c3c(C)oc(C)c3C)CC2)cn1. The molecule has 1 fully saturated rings. The average Bonchev–Trinajstić information content (AvgIpc) is 3.04. The van der Waals surface area contributed by atoms with Gasteiger partial charge >= 0.3 is 0 Å². The molecular weight excluding hydrogens is 316 g/mol. The van der Waals surface area contributed by atoms with Crippen molar-refractivity contribution in [1.29, 1.82) is 0 Å². The highest BCUT2D eigenvalue weighted by Gasteiger charge is 2.25. The molecule has 136 valence electrons. The maximum Gasteiger partial charge on any atom is 0.257 e. The highest BCUT2D eigenvalue weighted by molar-refractivity contribution is 5.96. The molecule has 0 unspecified atom stereocenters. The van der Waals surface area contributed by atoms with Crippen molar-refractivity contribution in [3.05, 3.63) is 40.6 Å². The van der Waals surface area contributed by atoms with Gasteiger partial charge in [-0.1, -0.05) is 0 Å². The van der Waals surface area contributed by atoms with Crippen LogP contribution >= 0.6 is 0 Å². The van der Waals surface area contributed by atoms with Gasteiger partial charge in [0.15, 0.2) is 0 Å². The molecule has 1 saturated heterocycles. The molecule has 3 rings (SSSR count). The molecule has 0 N–H and O–H groups in total. The number of furan rings is 1. The third kappa shape index (κ3) is 3.79. The molecule has 6 heteroatoms. The number of hydrogen-bond donors (Lipinski definition) is 0. The number of hydrogen-bond acceptors (Lipinski definition) is 4. The third-order valence-electron chi connectivity index (χ3n) is 5.07. The molecule has 2 aromatic rings. The van der Waals surface area contributed by atoms with Gasteiger partial charge < -0.3 is 9.32 Å². The van der Waals surface area contributed by atoms with Crippen LogP contribution in [-0.4, -0.2) is 51.7 Å². The minimum Gasteiger partial charge on any atom is -0.466 e. The molecule has 3 heterocycles. The van der Waals surface area contributed by atoms with E-state index in [9.17, 15) is 4.79 Å². The van der Waals surface area contributed by atoms with Crippen molar-refractivity contribution in [2.75, 3.05) is 26.2 Å². The van der Waals surface area contributed by atoms with Crippen molar-refractivity contribution in [3.63, 3.8) is 0 Å². The van der Waals surface area contributed by atoms with Gasteiger partial charge in [0.25, 0.3) is 5.91 Å². The second-order valence-electron chi connectivity index (χ2n) is 6.84. The quantitative estimate of drug-likeness (QED) is 0.856. The molecule has 0 aliphatic carbocycles. The largest absolute Gasteiger partial charge is 0.466 e. The van der Waals surface area contributed by atoms with Gasteiger partial charge in [0.2, 0.25) is 0 Å². The Bertz CT molecular complexity index is 747. The second kappa shape index (κ2) is 7.44. The summed E-state index contributed by atoms with van der Waals surface area (Å²) in [5, 5.41) is 4.34. The standard InChI is InChI=1S/C19H28N4O2/c1-5-23-13-17(11-20-23)12-21-7-6-8-22(10-9-21)19(24)18-14(2)15(3)25-16(18)4/h11,13H,5-10,12H2,1-4H3. The Kier molecular flexibility index (Phi) is 5.27. The van der Waals surface area contributed by atoms with Crippen LogP contribution in [0.4, 0.5) is 0 Å². The fraction of sp³-hybridized carbons (Fsp3) is 0.579. The monoisotopic (exact) mass is 344 g/mol. The van der Waals surface area contributed by atoms with Gasteiger partial charge in [-0.15, -0.1) is 0 Å². The van der Waals surface area contributed by atoms with E-state index in [0.29, 0.717) is 0 Å². The summed E-state index contributed by atoms with van der Waals surface area (Å²) in [4.78, 5) is 17.3. The van der Waals surface area contributed by atoms with Crippen LogP contribution in [0.15, 0.2) is 16.8 Å². The highest BCUT2D eigenvalue weighted by atomic mass is 16.3. The maximum atomic E-state index is 12.9. The molecule has 1 aliphatic heterocycles. The summed E-state index contributed by atoms with van der Waals surface area (Å²) < 4.78 is 7.59. The van der Waals surface area contributed by atoms with E-state index in [4.69, 9.17) is 4.42 Å². The first-order valence-corrected chi connectivity index (χ1v) is 9.09. The first kappa shape index (κ1) is 17.7. The number of nitrogens with zero attached hydrogens (tertiary/aromatic N) is 4. The number of carbonyl (C=O) groups excluding carboxylic acids is 1. The average molecular weight is 344 g/mol. The minimum absolute atomic E-state index is 0.104. The molecule has 0 spiro atoms. The van der Waals surface area contributed by atoms with E-state index in [-0.39, 0.29) is 5.91 Å². The zero-order chi connectivity index (χ0) is 18.0. The van der Waals surface area contributed by atoms with Crippen LogP contribution in [0.3, 0.4) is 0 Å². The van der Waals surface area contributed by atoms with E-state index >= 15 is 0 Å². The molecule has 0 bridgehead atoms. The smallest absolute Gasteiger partial charge is 0.257 e. The van der Waals surface area contributed by atoms with Gasteiger partial charge in [-0.3, -0.25) is 14.4 Å². The normalized spacial score (nSPS) is 16.2. The molecule has 1 amide bonds. The lowest BCUT2D eigenvalue weighted by atomic mass is 10.1. The molecule has 25 heavy (non-hydrogen) atoms. The van der Waals surface area contributed by atoms with Gasteiger partial charge in [-0.2, -0.15) is 5.10 Å². The fourth-order valence-electron chi connectivity index (χ4n) is 3.52. The van der Waals surface area contributed by atoms with Crippen LogP contribution in [-0.2, 0) is 13.1 Å². The van der Waals surface area contributed by atoms with Crippen molar-refractivity contribution in [2.45, 2.75) is 47.2 Å². The van der Waals surface area contributed by atoms with Crippen LogP contribution in [0, 0.1) is 20.8 Å². The summed E-state index contributed by atoms with van der Waals surface area (Å²) in [6.07, 6.45) is 5.04. The zero-order valence-corrected chi connectivity index (χ0v) is 15.7. The van der Waals surface area contributed by atoms with Crippen molar-refractivity contribution < 1.29 is 9.21 Å². The molecular formula is C19H28N4O2. The van der Waals surface area contributed by atoms with Gasteiger partial charge in [-0.25, -0.2) is 0 Å². The van der Waals surface area contributed by atoms with E-state index in [0.717, 1.165) is 68.3 Å². The molecule has 0 aromatic carbocycles. The van der Waals surface area contributed by atoms with Gasteiger partial charge in [0, 0.05) is 56.6 Å². The van der Waals surface area contributed by atoms with Crippen LogP contribution < -0.4 is 0 Å². The topological polar surface area (TPSA) is 54.5 Å². The number of aromatic nitrogens is 2. The number of aryl methyl sites for hydroxylation is 3. The summed E-state index contributed by atoms with van der Waals surface area (Å²) in [5.74, 6) is 1.67. The van der Waals surface area contributed by atoms with Crippen LogP contribution in [0.1, 0.15) is 46.3 Å². The Labute approximate surface area is 149 Å². The third-order valence-corrected chi connectivity index (χ3v) is 5.07. The second-order valence-corrected chi connectivity index (χ2v) is 6.84. The van der Waals surface area contributed by atoms with E-state index < -0.39 is 0 Å². The Morgan fingerprint density at radius 2 is 1.96 bits per heavy atom. The van der Waals surface area contributed by atoms with Gasteiger partial charge in [-0.05, 0) is 34.1 Å². The summed E-state index contributed by atoms with van der Waals surface area (Å²) in [6.45, 7) is 13.1. The highest BCUT2D eigenvalue weighted by Crippen LogP contribution is 2.23. The fourth-order valence-corrected chi connectivity index (χ4v) is 3.52. The van der Waals surface area contributed by atoms with E-state index in [1.165, 1.54) is 5.56 Å². The van der Waals surface area contributed by atoms with Crippen molar-refractivity contribution >= 4 is 5.91 Å². The van der Waals surface area contributed by atoms with Crippen LogP contribution in [0.5, 0.6) is 0 Å². The van der Waals surface area contributed by atoms with Crippen molar-refractivity contribution in [2.24, 2.45) is 0 Å². The number of carbonyl (C=O) groups is 1. The number of rotatable bonds is 4. The van der Waals surface area contributed by atoms with Gasteiger partial charge in [0.05, 0.1) is 11.8 Å². The Hall–Kier alpha value is -2.08. The molecule has 0 radical (unpaired) electrons. The number of amides is 1. The first-order valence-electron chi connectivity index (χ1n) is 9.09. The Balaban J connectivity index is 1.64. The predicted molar refractivity (Wildman–Crippen MR) is 96.6 cm³/mol. The molecule has 0 atom stereocenters. The van der Waals surface area contributed by atoms with E-state index in [2.05, 4.69) is 23.1 Å². The lowest BCUT2D eigenvalue weighted by Gasteiger charge is -2.22. The lowest BCUT2D eigenvalue weighted by Crippen LogP contribution is -2.35. The summed E-state index contributed by atoms with van der Waals surface area (Å²) in [5.41, 5.74) is 2.95. The summed E-state index contributed by atoms with van der Waals surface area (Å²) >= 11 is 0. The molecule has 2 aromatic heterocycles. The molecule has 6 nitrogen and oxygen atoms in total. The maximum absolute atomic E-state index is 12.9. The van der Waals surface area contributed by atoms with E-state index in [1.807, 2.05) is 36.5 Å². The Morgan fingerprint density at radius 1 is 1.16 bits per heavy atom. The van der Waals surface area contributed by atoms with E-state index in [1.54, 1.807) is 0 Å². The minimum atomic E-state index is 0.104.